The normalized spacial score (nSPS) is 12.0. The molecule has 0 saturated carbocycles. The van der Waals surface area contributed by atoms with E-state index in [-0.39, 0.29) is 0 Å². The van der Waals surface area contributed by atoms with Crippen LogP contribution in [0.4, 0.5) is 0 Å². The van der Waals surface area contributed by atoms with E-state index in [1.165, 1.54) is 9.88 Å². The Morgan fingerprint density at radius 2 is 1.86 bits per heavy atom. The summed E-state index contributed by atoms with van der Waals surface area (Å²) in [5, 5.41) is 7.89. The molecule has 0 radical (unpaired) electrons. The predicted molar refractivity (Wildman–Crippen MR) is 92.4 cm³/mol. The van der Waals surface area contributed by atoms with E-state index in [1.54, 1.807) is 11.3 Å². The molecule has 1 rings (SSSR count). The molecule has 0 aliphatic heterocycles. The van der Waals surface area contributed by atoms with Crippen LogP contribution in [0.25, 0.3) is 0 Å². The Labute approximate surface area is 132 Å². The summed E-state index contributed by atoms with van der Waals surface area (Å²) in [7, 11) is 1.81. The van der Waals surface area contributed by atoms with Gasteiger partial charge in [0.2, 0.25) is 0 Å². The van der Waals surface area contributed by atoms with Gasteiger partial charge in [-0.15, -0.1) is 11.3 Å². The van der Waals surface area contributed by atoms with Gasteiger partial charge in [-0.3, -0.25) is 4.99 Å². The first kappa shape index (κ1) is 17.9. The zero-order chi connectivity index (χ0) is 15.7. The quantitative estimate of drug-likeness (QED) is 0.568. The highest BCUT2D eigenvalue weighted by Gasteiger charge is 2.04. The molecule has 0 aromatic carbocycles. The molecule has 1 aromatic heterocycles. The highest BCUT2D eigenvalue weighted by Crippen LogP contribution is 2.16. The first-order valence-corrected chi connectivity index (χ1v) is 8.52. The molecule has 0 bridgehead atoms. The van der Waals surface area contributed by atoms with E-state index in [4.69, 9.17) is 0 Å². The third-order valence-corrected chi connectivity index (χ3v) is 4.68. The van der Waals surface area contributed by atoms with E-state index in [0.717, 1.165) is 50.8 Å². The highest BCUT2D eigenvalue weighted by molar-refractivity contribution is 7.11. The number of rotatable bonds is 8. The SMILES string of the molecule is CCN(CC)CCNC(=NC)NCCc1nc(C)c(C)s1. The predicted octanol–water partition coefficient (Wildman–Crippen LogP) is 1.81. The number of aryl methyl sites for hydroxylation is 2. The van der Waals surface area contributed by atoms with Gasteiger partial charge in [0.15, 0.2) is 5.96 Å². The van der Waals surface area contributed by atoms with E-state index in [0.29, 0.717) is 0 Å². The maximum absolute atomic E-state index is 4.55. The van der Waals surface area contributed by atoms with Gasteiger partial charge in [-0.2, -0.15) is 0 Å². The topological polar surface area (TPSA) is 52.5 Å². The molecule has 0 amide bonds. The number of hydrogen-bond acceptors (Lipinski definition) is 4. The molecule has 1 heterocycles. The zero-order valence-corrected chi connectivity index (χ0v) is 14.8. The van der Waals surface area contributed by atoms with Gasteiger partial charge >= 0.3 is 0 Å². The summed E-state index contributed by atoms with van der Waals surface area (Å²) in [5.74, 6) is 0.868. The Balaban J connectivity index is 2.25. The van der Waals surface area contributed by atoms with Gasteiger partial charge in [0.05, 0.1) is 10.7 Å². The van der Waals surface area contributed by atoms with Crippen LogP contribution in [0.1, 0.15) is 29.4 Å². The minimum absolute atomic E-state index is 0.858. The Morgan fingerprint density at radius 1 is 1.19 bits per heavy atom. The molecule has 0 spiro atoms. The van der Waals surface area contributed by atoms with Crippen molar-refractivity contribution in [2.75, 3.05) is 39.8 Å². The van der Waals surface area contributed by atoms with Crippen LogP contribution in [-0.4, -0.2) is 55.6 Å². The van der Waals surface area contributed by atoms with E-state index in [1.807, 2.05) is 7.05 Å². The fourth-order valence-corrected chi connectivity index (χ4v) is 2.96. The molecule has 6 heteroatoms. The molecule has 0 aliphatic rings. The van der Waals surface area contributed by atoms with Crippen molar-refractivity contribution in [3.8, 4) is 0 Å². The lowest BCUT2D eigenvalue weighted by molar-refractivity contribution is 0.308. The van der Waals surface area contributed by atoms with E-state index >= 15 is 0 Å². The molecular formula is C15H29N5S. The molecule has 5 nitrogen and oxygen atoms in total. The number of guanidine groups is 1. The van der Waals surface area contributed by atoms with Crippen LogP contribution in [-0.2, 0) is 6.42 Å². The van der Waals surface area contributed by atoms with Crippen molar-refractivity contribution < 1.29 is 0 Å². The van der Waals surface area contributed by atoms with Crippen molar-refractivity contribution in [2.24, 2.45) is 4.99 Å². The number of aliphatic imine (C=N–C) groups is 1. The maximum atomic E-state index is 4.55. The van der Waals surface area contributed by atoms with Gasteiger partial charge < -0.3 is 15.5 Å². The second-order valence-corrected chi connectivity index (χ2v) is 6.24. The zero-order valence-electron chi connectivity index (χ0n) is 14.0. The fourth-order valence-electron chi connectivity index (χ4n) is 2.03. The molecule has 0 saturated heterocycles. The van der Waals surface area contributed by atoms with Crippen LogP contribution in [0.2, 0.25) is 0 Å². The van der Waals surface area contributed by atoms with Gasteiger partial charge in [0.25, 0.3) is 0 Å². The largest absolute Gasteiger partial charge is 0.356 e. The van der Waals surface area contributed by atoms with E-state index in [2.05, 4.69) is 53.2 Å². The number of aromatic nitrogens is 1. The van der Waals surface area contributed by atoms with Crippen LogP contribution < -0.4 is 10.6 Å². The number of likely N-dealkylation sites (N-methyl/N-ethyl adjacent to an activating group) is 1. The van der Waals surface area contributed by atoms with Crippen LogP contribution in [0.3, 0.4) is 0 Å². The van der Waals surface area contributed by atoms with Crippen molar-refractivity contribution in [1.29, 1.82) is 0 Å². The summed E-state index contributed by atoms with van der Waals surface area (Å²) in [6, 6.07) is 0. The molecule has 0 aliphatic carbocycles. The van der Waals surface area contributed by atoms with Gasteiger partial charge in [-0.25, -0.2) is 4.98 Å². The van der Waals surface area contributed by atoms with Gasteiger partial charge in [0.1, 0.15) is 0 Å². The lowest BCUT2D eigenvalue weighted by Gasteiger charge is -2.19. The summed E-state index contributed by atoms with van der Waals surface area (Å²) >= 11 is 1.78. The smallest absolute Gasteiger partial charge is 0.191 e. The van der Waals surface area contributed by atoms with Crippen LogP contribution in [0, 0.1) is 13.8 Å². The third-order valence-electron chi connectivity index (χ3n) is 3.54. The molecular weight excluding hydrogens is 282 g/mol. The molecule has 2 N–H and O–H groups in total. The Bertz CT molecular complexity index is 418. The number of thiazole rings is 1. The van der Waals surface area contributed by atoms with E-state index < -0.39 is 0 Å². The molecule has 0 unspecified atom stereocenters. The average Bonchev–Trinajstić information content (AvgIpc) is 2.80. The minimum Gasteiger partial charge on any atom is -0.356 e. The standard InChI is InChI=1S/C15H29N5S/c1-6-20(7-2)11-10-18-15(16-5)17-9-8-14-19-12(3)13(4)21-14/h6-11H2,1-5H3,(H2,16,17,18). The second kappa shape index (κ2) is 9.73. The minimum atomic E-state index is 0.858. The van der Waals surface area contributed by atoms with E-state index in [9.17, 15) is 0 Å². The molecule has 120 valence electrons. The monoisotopic (exact) mass is 311 g/mol. The summed E-state index contributed by atoms with van der Waals surface area (Å²) in [4.78, 5) is 12.5. The number of nitrogens with one attached hydrogen (secondary N) is 2. The summed E-state index contributed by atoms with van der Waals surface area (Å²) < 4.78 is 0. The van der Waals surface area contributed by atoms with Crippen LogP contribution >= 0.6 is 11.3 Å². The summed E-state index contributed by atoms with van der Waals surface area (Å²) in [5.41, 5.74) is 1.15. The lowest BCUT2D eigenvalue weighted by Crippen LogP contribution is -2.42. The summed E-state index contributed by atoms with van der Waals surface area (Å²) in [6.45, 7) is 13.6. The van der Waals surface area contributed by atoms with Gasteiger partial charge in [0, 0.05) is 38.0 Å². The Hall–Kier alpha value is -1.14. The van der Waals surface area contributed by atoms with Crippen molar-refractivity contribution >= 4 is 17.3 Å². The lowest BCUT2D eigenvalue weighted by atomic mass is 10.4. The van der Waals surface area contributed by atoms with Gasteiger partial charge in [-0.05, 0) is 26.9 Å². The maximum Gasteiger partial charge on any atom is 0.191 e. The fraction of sp³-hybridized carbons (Fsp3) is 0.733. The number of nitrogens with zero attached hydrogens (tertiary/aromatic N) is 3. The van der Waals surface area contributed by atoms with Gasteiger partial charge in [-0.1, -0.05) is 13.8 Å². The Kier molecular flexibility index (Phi) is 8.30. The van der Waals surface area contributed by atoms with Crippen molar-refractivity contribution in [3.05, 3.63) is 15.6 Å². The van der Waals surface area contributed by atoms with Crippen molar-refractivity contribution in [3.63, 3.8) is 0 Å². The van der Waals surface area contributed by atoms with Crippen LogP contribution in [0.15, 0.2) is 4.99 Å². The first-order chi connectivity index (χ1) is 10.1. The molecule has 0 fully saturated rings. The summed E-state index contributed by atoms with van der Waals surface area (Å²) in [6.07, 6.45) is 0.941. The Morgan fingerprint density at radius 3 is 2.38 bits per heavy atom. The average molecular weight is 311 g/mol. The van der Waals surface area contributed by atoms with Crippen LogP contribution in [0.5, 0.6) is 0 Å². The molecule has 21 heavy (non-hydrogen) atoms. The first-order valence-electron chi connectivity index (χ1n) is 7.70. The molecule has 0 atom stereocenters. The second-order valence-electron chi connectivity index (χ2n) is 4.95. The highest BCUT2D eigenvalue weighted by atomic mass is 32.1. The van der Waals surface area contributed by atoms with Crippen molar-refractivity contribution in [2.45, 2.75) is 34.1 Å². The number of hydrogen-bond donors (Lipinski definition) is 2. The molecule has 1 aromatic rings. The third kappa shape index (κ3) is 6.44. The van der Waals surface area contributed by atoms with Crippen molar-refractivity contribution in [1.82, 2.24) is 20.5 Å².